The van der Waals surface area contributed by atoms with E-state index >= 15 is 0 Å². The van der Waals surface area contributed by atoms with Crippen LogP contribution in [-0.4, -0.2) is 32.4 Å². The highest BCUT2D eigenvalue weighted by molar-refractivity contribution is 7.91. The summed E-state index contributed by atoms with van der Waals surface area (Å²) in [5.74, 6) is -2.82. The molecule has 0 saturated heterocycles. The number of carbonyl (C=O) groups excluding carboxylic acids is 1. The summed E-state index contributed by atoms with van der Waals surface area (Å²) in [5.41, 5.74) is -0.165. The molecule has 1 aromatic rings. The molecule has 3 fully saturated rings. The number of amides is 1. The van der Waals surface area contributed by atoms with Crippen molar-refractivity contribution in [3.63, 3.8) is 0 Å². The number of sulfonamides is 1. The van der Waals surface area contributed by atoms with Gasteiger partial charge in [0.2, 0.25) is 10.0 Å². The molecule has 3 aliphatic carbocycles. The van der Waals surface area contributed by atoms with Crippen LogP contribution in [0, 0.1) is 17.2 Å². The fraction of sp³-hybridized carbons (Fsp3) is 0.682. The van der Waals surface area contributed by atoms with Gasteiger partial charge in [0.25, 0.3) is 5.91 Å². The Kier molecular flexibility index (Phi) is 5.96. The van der Waals surface area contributed by atoms with Crippen molar-refractivity contribution in [2.24, 2.45) is 11.3 Å². The van der Waals surface area contributed by atoms with Crippen LogP contribution in [-0.2, 0) is 10.0 Å². The van der Waals surface area contributed by atoms with Crippen LogP contribution in [0.15, 0.2) is 12.1 Å². The Hall–Kier alpha value is -1.84. The highest BCUT2D eigenvalue weighted by atomic mass is 32.2. The smallest absolute Gasteiger partial charge is 0.391 e. The van der Waals surface area contributed by atoms with Crippen LogP contribution >= 0.6 is 0 Å². The molecule has 0 heterocycles. The zero-order valence-corrected chi connectivity index (χ0v) is 18.6. The van der Waals surface area contributed by atoms with Crippen LogP contribution in [0.5, 0.6) is 5.75 Å². The molecule has 0 radical (unpaired) electrons. The SMILES string of the molecule is CC1(COc2cc(F)c(C(=O)NS(=O)(=O)C3CC3)cc2C2CC2)CCC(C(F)(F)F)CC1. The molecule has 3 saturated carbocycles. The molecule has 4 rings (SSSR count). The molecule has 0 unspecified atom stereocenters. The maximum Gasteiger partial charge on any atom is 0.391 e. The predicted octanol–water partition coefficient (Wildman–Crippen LogP) is 5.06. The summed E-state index contributed by atoms with van der Waals surface area (Å²) in [7, 11) is -3.80. The number of hydrogen-bond acceptors (Lipinski definition) is 4. The van der Waals surface area contributed by atoms with E-state index in [1.165, 1.54) is 6.07 Å². The van der Waals surface area contributed by atoms with Crippen molar-refractivity contribution < 1.29 is 35.5 Å². The van der Waals surface area contributed by atoms with E-state index < -0.39 is 44.5 Å². The van der Waals surface area contributed by atoms with Crippen molar-refractivity contribution in [3.05, 3.63) is 29.1 Å². The molecule has 10 heteroatoms. The Morgan fingerprint density at radius 3 is 2.28 bits per heavy atom. The lowest BCUT2D eigenvalue weighted by atomic mass is 9.72. The van der Waals surface area contributed by atoms with Crippen molar-refractivity contribution in [3.8, 4) is 5.75 Å². The van der Waals surface area contributed by atoms with Gasteiger partial charge in [0.1, 0.15) is 11.6 Å². The first-order chi connectivity index (χ1) is 14.9. The topological polar surface area (TPSA) is 72.5 Å². The van der Waals surface area contributed by atoms with E-state index in [2.05, 4.69) is 0 Å². The first-order valence-electron chi connectivity index (χ1n) is 11.0. The summed E-state index contributed by atoms with van der Waals surface area (Å²) in [4.78, 5) is 12.4. The van der Waals surface area contributed by atoms with Gasteiger partial charge in [-0.1, -0.05) is 6.92 Å². The van der Waals surface area contributed by atoms with Gasteiger partial charge in [-0.05, 0) is 68.9 Å². The van der Waals surface area contributed by atoms with Crippen molar-refractivity contribution in [1.82, 2.24) is 4.72 Å². The summed E-state index contributed by atoms with van der Waals surface area (Å²) in [6, 6.07) is 2.44. The van der Waals surface area contributed by atoms with Crippen LogP contribution in [0.3, 0.4) is 0 Å². The third-order valence-corrected chi connectivity index (χ3v) is 8.61. The molecule has 0 spiro atoms. The molecule has 1 amide bonds. The minimum atomic E-state index is -4.19. The van der Waals surface area contributed by atoms with E-state index in [1.54, 1.807) is 0 Å². The van der Waals surface area contributed by atoms with Crippen LogP contribution in [0.25, 0.3) is 0 Å². The number of hydrogen-bond donors (Lipinski definition) is 1. The number of halogens is 4. The van der Waals surface area contributed by atoms with Gasteiger partial charge in [-0.15, -0.1) is 0 Å². The zero-order chi connectivity index (χ0) is 23.3. The molecule has 0 bridgehead atoms. The monoisotopic (exact) mass is 477 g/mol. The second-order valence-corrected chi connectivity index (χ2v) is 11.7. The molecular formula is C22H27F4NO4S. The van der Waals surface area contributed by atoms with Crippen molar-refractivity contribution >= 4 is 15.9 Å². The molecule has 5 nitrogen and oxygen atoms in total. The van der Waals surface area contributed by atoms with E-state index in [0.717, 1.165) is 18.9 Å². The van der Waals surface area contributed by atoms with Crippen LogP contribution in [0.2, 0.25) is 0 Å². The van der Waals surface area contributed by atoms with E-state index in [4.69, 9.17) is 4.74 Å². The summed E-state index contributed by atoms with van der Waals surface area (Å²) < 4.78 is 85.5. The van der Waals surface area contributed by atoms with Crippen LogP contribution in [0.1, 0.15) is 80.1 Å². The largest absolute Gasteiger partial charge is 0.493 e. The van der Waals surface area contributed by atoms with Gasteiger partial charge < -0.3 is 4.74 Å². The van der Waals surface area contributed by atoms with Gasteiger partial charge in [-0.2, -0.15) is 13.2 Å². The maximum atomic E-state index is 14.7. The summed E-state index contributed by atoms with van der Waals surface area (Å²) >= 11 is 0. The van der Waals surface area contributed by atoms with Crippen LogP contribution < -0.4 is 9.46 Å². The standard InChI is InChI=1S/C22H27F4NO4S/c1-21(8-6-14(7-9-21)22(24,25)26)12-31-19-11-18(23)17(10-16(19)13-2-3-13)20(28)27-32(29,30)15-4-5-15/h10-11,13-15H,2-9,12H2,1H3,(H,27,28). The molecule has 1 aromatic carbocycles. The molecule has 178 valence electrons. The van der Waals surface area contributed by atoms with E-state index in [9.17, 15) is 30.8 Å². The molecule has 3 aliphatic rings. The highest BCUT2D eigenvalue weighted by Crippen LogP contribution is 2.47. The minimum absolute atomic E-state index is 0.0434. The van der Waals surface area contributed by atoms with Gasteiger partial charge in [-0.3, -0.25) is 4.79 Å². The number of benzene rings is 1. The summed E-state index contributed by atoms with van der Waals surface area (Å²) in [6.45, 7) is 2.02. The minimum Gasteiger partial charge on any atom is -0.493 e. The third-order valence-electron chi connectivity index (χ3n) is 6.79. The second-order valence-electron chi connectivity index (χ2n) is 9.73. The normalized spacial score (nSPS) is 26.6. The lowest BCUT2D eigenvalue weighted by Gasteiger charge is -2.37. The number of nitrogens with one attached hydrogen (secondary N) is 1. The highest BCUT2D eigenvalue weighted by Gasteiger charge is 2.44. The summed E-state index contributed by atoms with van der Waals surface area (Å²) in [5, 5.41) is -0.604. The predicted molar refractivity (Wildman–Crippen MR) is 109 cm³/mol. The maximum absolute atomic E-state index is 14.7. The molecule has 0 atom stereocenters. The van der Waals surface area contributed by atoms with E-state index in [0.29, 0.717) is 31.2 Å². The quantitative estimate of drug-likeness (QED) is 0.557. The molecule has 32 heavy (non-hydrogen) atoms. The molecule has 0 aliphatic heterocycles. The Morgan fingerprint density at radius 2 is 1.75 bits per heavy atom. The van der Waals surface area contributed by atoms with Gasteiger partial charge in [0.05, 0.1) is 23.3 Å². The third kappa shape index (κ3) is 5.21. The fourth-order valence-electron chi connectivity index (χ4n) is 4.27. The number of carbonyl (C=O) groups is 1. The Labute approximate surface area is 185 Å². The average Bonchev–Trinajstić information content (AvgIpc) is 3.58. The van der Waals surface area contributed by atoms with E-state index in [-0.39, 0.29) is 36.7 Å². The Morgan fingerprint density at radius 1 is 1.12 bits per heavy atom. The van der Waals surface area contributed by atoms with Gasteiger partial charge in [0, 0.05) is 11.5 Å². The van der Waals surface area contributed by atoms with Crippen LogP contribution in [0.4, 0.5) is 17.6 Å². The van der Waals surface area contributed by atoms with E-state index in [1.807, 2.05) is 11.6 Å². The summed E-state index contributed by atoms with van der Waals surface area (Å²) in [6.07, 6.45) is -0.740. The fourth-order valence-corrected chi connectivity index (χ4v) is 5.56. The lowest BCUT2D eigenvalue weighted by molar-refractivity contribution is -0.187. The molecule has 1 N–H and O–H groups in total. The van der Waals surface area contributed by atoms with Crippen molar-refractivity contribution in [2.45, 2.75) is 75.6 Å². The average molecular weight is 478 g/mol. The number of rotatable bonds is 7. The van der Waals surface area contributed by atoms with Gasteiger partial charge >= 0.3 is 6.18 Å². The number of ether oxygens (including phenoxy) is 1. The first kappa shape index (κ1) is 23.3. The van der Waals surface area contributed by atoms with Gasteiger partial charge in [-0.25, -0.2) is 17.5 Å². The Balaban J connectivity index is 1.46. The zero-order valence-electron chi connectivity index (χ0n) is 17.8. The molecule has 0 aromatic heterocycles. The lowest BCUT2D eigenvalue weighted by Crippen LogP contribution is -2.35. The van der Waals surface area contributed by atoms with Crippen molar-refractivity contribution in [1.29, 1.82) is 0 Å². The first-order valence-corrected chi connectivity index (χ1v) is 12.5. The molecular weight excluding hydrogens is 450 g/mol. The number of alkyl halides is 3. The van der Waals surface area contributed by atoms with Gasteiger partial charge in [0.15, 0.2) is 0 Å². The van der Waals surface area contributed by atoms with Crippen molar-refractivity contribution in [2.75, 3.05) is 6.61 Å². The Bertz CT molecular complexity index is 992. The second kappa shape index (κ2) is 8.18.